The molecular formula is C20H32N2O3. The van der Waals surface area contributed by atoms with Gasteiger partial charge in [-0.2, -0.15) is 0 Å². The molecule has 3 rings (SSSR count). The van der Waals surface area contributed by atoms with E-state index in [1.54, 1.807) is 0 Å². The second kappa shape index (κ2) is 8.99. The van der Waals surface area contributed by atoms with Crippen molar-refractivity contribution in [1.82, 2.24) is 9.80 Å². The molecule has 140 valence electrons. The van der Waals surface area contributed by atoms with Gasteiger partial charge in [0.05, 0.1) is 6.10 Å². The number of ether oxygens (including phenoxy) is 1. The van der Waals surface area contributed by atoms with Gasteiger partial charge >= 0.3 is 0 Å². The Bertz CT molecular complexity index is 527. The molecule has 2 fully saturated rings. The lowest BCUT2D eigenvalue weighted by molar-refractivity contribution is -0.00292. The third-order valence-corrected chi connectivity index (χ3v) is 5.38. The summed E-state index contributed by atoms with van der Waals surface area (Å²) in [6.45, 7) is 3.31. The Morgan fingerprint density at radius 3 is 2.72 bits per heavy atom. The molecule has 1 saturated carbocycles. The third-order valence-electron chi connectivity index (χ3n) is 5.38. The molecule has 1 heterocycles. The van der Waals surface area contributed by atoms with Crippen molar-refractivity contribution in [3.05, 3.63) is 29.8 Å². The Morgan fingerprint density at radius 1 is 1.24 bits per heavy atom. The van der Waals surface area contributed by atoms with Crippen LogP contribution in [0.5, 0.6) is 5.75 Å². The van der Waals surface area contributed by atoms with Crippen molar-refractivity contribution in [1.29, 1.82) is 0 Å². The van der Waals surface area contributed by atoms with E-state index in [0.717, 1.165) is 25.4 Å². The summed E-state index contributed by atoms with van der Waals surface area (Å²) in [5, 5.41) is 19.7. The summed E-state index contributed by atoms with van der Waals surface area (Å²) in [6.07, 6.45) is 5.82. The first-order chi connectivity index (χ1) is 12.1. The van der Waals surface area contributed by atoms with Crippen LogP contribution in [-0.4, -0.2) is 71.6 Å². The van der Waals surface area contributed by atoms with Gasteiger partial charge in [-0.05, 0) is 37.6 Å². The standard InChI is InChI=1S/C20H32N2O3/c1-21(17-7-3-2-4-8-17)12-19(24)15-25-20-9-5-6-16(10-20)11-22-13-18(23)14-22/h5-6,9-10,17-19,23-24H,2-4,7-8,11-15H2,1H3/t19-/m1/s1. The van der Waals surface area contributed by atoms with Crippen molar-refractivity contribution in [3.63, 3.8) is 0 Å². The maximum atomic E-state index is 10.3. The minimum Gasteiger partial charge on any atom is -0.491 e. The lowest BCUT2D eigenvalue weighted by Crippen LogP contribution is -2.49. The number of hydrogen-bond acceptors (Lipinski definition) is 5. The fourth-order valence-electron chi connectivity index (χ4n) is 3.91. The third kappa shape index (κ3) is 5.68. The lowest BCUT2D eigenvalue weighted by atomic mass is 9.94. The van der Waals surface area contributed by atoms with Crippen LogP contribution in [-0.2, 0) is 6.54 Å². The molecule has 1 aliphatic carbocycles. The molecule has 5 heteroatoms. The van der Waals surface area contributed by atoms with E-state index in [9.17, 15) is 10.2 Å². The van der Waals surface area contributed by atoms with E-state index in [4.69, 9.17) is 4.74 Å². The highest BCUT2D eigenvalue weighted by molar-refractivity contribution is 5.28. The van der Waals surface area contributed by atoms with Crippen LogP contribution in [0.3, 0.4) is 0 Å². The van der Waals surface area contributed by atoms with Gasteiger partial charge in [0, 0.05) is 32.2 Å². The first kappa shape index (κ1) is 18.6. The molecule has 5 nitrogen and oxygen atoms in total. The summed E-state index contributed by atoms with van der Waals surface area (Å²) < 4.78 is 5.81. The van der Waals surface area contributed by atoms with E-state index < -0.39 is 6.10 Å². The predicted molar refractivity (Wildman–Crippen MR) is 98.7 cm³/mol. The molecule has 25 heavy (non-hydrogen) atoms. The SMILES string of the molecule is CN(C[C@@H](O)COc1cccc(CN2CC(O)C2)c1)C1CCCCC1. The molecule has 1 aliphatic heterocycles. The number of hydrogen-bond donors (Lipinski definition) is 2. The number of nitrogens with zero attached hydrogens (tertiary/aromatic N) is 2. The highest BCUT2D eigenvalue weighted by Crippen LogP contribution is 2.22. The van der Waals surface area contributed by atoms with E-state index in [0.29, 0.717) is 19.2 Å². The van der Waals surface area contributed by atoms with Gasteiger partial charge in [0.15, 0.2) is 0 Å². The minimum atomic E-state index is -0.471. The van der Waals surface area contributed by atoms with Crippen LogP contribution in [0.2, 0.25) is 0 Å². The van der Waals surface area contributed by atoms with Crippen molar-refractivity contribution < 1.29 is 14.9 Å². The van der Waals surface area contributed by atoms with Gasteiger partial charge in [0.25, 0.3) is 0 Å². The van der Waals surface area contributed by atoms with Crippen LogP contribution in [0.25, 0.3) is 0 Å². The second-order valence-corrected chi connectivity index (χ2v) is 7.69. The van der Waals surface area contributed by atoms with Crippen molar-refractivity contribution in [2.45, 2.75) is 56.9 Å². The van der Waals surface area contributed by atoms with Gasteiger partial charge in [-0.15, -0.1) is 0 Å². The van der Waals surface area contributed by atoms with E-state index in [1.165, 1.54) is 37.7 Å². The molecule has 0 radical (unpaired) electrons. The first-order valence-corrected chi connectivity index (χ1v) is 9.60. The molecule has 0 aromatic heterocycles. The Labute approximate surface area is 151 Å². The number of likely N-dealkylation sites (N-methyl/N-ethyl adjacent to an activating group) is 1. The Morgan fingerprint density at radius 2 is 2.00 bits per heavy atom. The Balaban J connectivity index is 1.41. The quantitative estimate of drug-likeness (QED) is 0.751. The van der Waals surface area contributed by atoms with Crippen molar-refractivity contribution in [2.24, 2.45) is 0 Å². The van der Waals surface area contributed by atoms with Crippen LogP contribution >= 0.6 is 0 Å². The molecule has 2 N–H and O–H groups in total. The smallest absolute Gasteiger partial charge is 0.119 e. The Hall–Kier alpha value is -1.14. The highest BCUT2D eigenvalue weighted by atomic mass is 16.5. The molecule has 0 amide bonds. The zero-order valence-corrected chi connectivity index (χ0v) is 15.3. The molecule has 2 aliphatic rings. The monoisotopic (exact) mass is 348 g/mol. The topological polar surface area (TPSA) is 56.2 Å². The van der Waals surface area contributed by atoms with Crippen LogP contribution in [0, 0.1) is 0 Å². The van der Waals surface area contributed by atoms with E-state index >= 15 is 0 Å². The van der Waals surface area contributed by atoms with Gasteiger partial charge < -0.3 is 19.8 Å². The van der Waals surface area contributed by atoms with Crippen LogP contribution in [0.1, 0.15) is 37.7 Å². The number of benzene rings is 1. The molecular weight excluding hydrogens is 316 g/mol. The number of β-amino-alcohol motifs (C(OH)–C–C–N with tert-alkyl or cyclic N) is 1. The molecule has 1 saturated heterocycles. The van der Waals surface area contributed by atoms with Crippen molar-refractivity contribution in [2.75, 3.05) is 33.3 Å². The fourth-order valence-corrected chi connectivity index (χ4v) is 3.91. The highest BCUT2D eigenvalue weighted by Gasteiger charge is 2.24. The molecule has 1 aromatic rings. The summed E-state index contributed by atoms with van der Waals surface area (Å²) in [5.41, 5.74) is 1.18. The molecule has 0 unspecified atom stereocenters. The molecule has 1 aromatic carbocycles. The average molecular weight is 348 g/mol. The molecule has 0 spiro atoms. The van der Waals surface area contributed by atoms with Crippen molar-refractivity contribution >= 4 is 0 Å². The van der Waals surface area contributed by atoms with Crippen LogP contribution < -0.4 is 4.74 Å². The van der Waals surface area contributed by atoms with E-state index in [1.807, 2.05) is 18.2 Å². The van der Waals surface area contributed by atoms with Gasteiger partial charge in [-0.1, -0.05) is 31.4 Å². The normalized spacial score (nSPS) is 21.3. The fraction of sp³-hybridized carbons (Fsp3) is 0.700. The summed E-state index contributed by atoms with van der Waals surface area (Å²) in [6, 6.07) is 8.64. The summed E-state index contributed by atoms with van der Waals surface area (Å²) in [7, 11) is 2.11. The maximum absolute atomic E-state index is 10.3. The zero-order chi connectivity index (χ0) is 17.6. The number of rotatable bonds is 8. The Kier molecular flexibility index (Phi) is 6.70. The van der Waals surface area contributed by atoms with Gasteiger partial charge in [-0.25, -0.2) is 0 Å². The number of likely N-dealkylation sites (tertiary alicyclic amines) is 1. The van der Waals surface area contributed by atoms with Gasteiger partial charge in [0.1, 0.15) is 18.5 Å². The minimum absolute atomic E-state index is 0.171. The predicted octanol–water partition coefficient (Wildman–Crippen LogP) is 1.87. The van der Waals surface area contributed by atoms with Gasteiger partial charge in [-0.3, -0.25) is 4.90 Å². The molecule has 0 bridgehead atoms. The summed E-state index contributed by atoms with van der Waals surface area (Å²) in [4.78, 5) is 4.50. The zero-order valence-electron chi connectivity index (χ0n) is 15.3. The number of aliphatic hydroxyl groups excluding tert-OH is 2. The van der Waals surface area contributed by atoms with E-state index in [2.05, 4.69) is 22.9 Å². The second-order valence-electron chi connectivity index (χ2n) is 7.69. The van der Waals surface area contributed by atoms with Crippen LogP contribution in [0.15, 0.2) is 24.3 Å². The van der Waals surface area contributed by atoms with Crippen molar-refractivity contribution in [3.8, 4) is 5.75 Å². The number of aliphatic hydroxyl groups is 2. The summed E-state index contributed by atoms with van der Waals surface area (Å²) in [5.74, 6) is 0.804. The van der Waals surface area contributed by atoms with E-state index in [-0.39, 0.29) is 6.10 Å². The van der Waals surface area contributed by atoms with Gasteiger partial charge in [0.2, 0.25) is 0 Å². The van der Waals surface area contributed by atoms with Crippen LogP contribution in [0.4, 0.5) is 0 Å². The largest absolute Gasteiger partial charge is 0.491 e. The average Bonchev–Trinajstić information content (AvgIpc) is 2.60. The lowest BCUT2D eigenvalue weighted by Gasteiger charge is -2.35. The first-order valence-electron chi connectivity index (χ1n) is 9.60. The maximum Gasteiger partial charge on any atom is 0.119 e. The summed E-state index contributed by atoms with van der Waals surface area (Å²) >= 11 is 0. The molecule has 1 atom stereocenters.